The van der Waals surface area contributed by atoms with Gasteiger partial charge in [0.1, 0.15) is 0 Å². The van der Waals surface area contributed by atoms with Crippen LogP contribution in [0.3, 0.4) is 0 Å². The van der Waals surface area contributed by atoms with Crippen LogP contribution < -0.4 is 4.72 Å². The van der Waals surface area contributed by atoms with Crippen molar-refractivity contribution in [2.45, 2.75) is 57.0 Å². The van der Waals surface area contributed by atoms with Crippen molar-refractivity contribution in [1.29, 1.82) is 0 Å². The van der Waals surface area contributed by atoms with Gasteiger partial charge in [0.2, 0.25) is 0 Å². The molecule has 0 aromatic rings. The molecule has 100 valence electrons. The molecule has 2 rings (SSSR count). The quantitative estimate of drug-likeness (QED) is 0.780. The fourth-order valence-electron chi connectivity index (χ4n) is 2.65. The van der Waals surface area contributed by atoms with Crippen LogP contribution >= 0.6 is 0 Å². The molecule has 1 atom stereocenters. The van der Waals surface area contributed by atoms with Crippen LogP contribution in [0.1, 0.15) is 45.4 Å². The van der Waals surface area contributed by atoms with E-state index in [2.05, 4.69) is 4.72 Å². The minimum atomic E-state index is -3.44. The maximum atomic E-state index is 12.3. The van der Waals surface area contributed by atoms with Crippen LogP contribution in [0.15, 0.2) is 0 Å². The summed E-state index contributed by atoms with van der Waals surface area (Å²) in [6.07, 6.45) is 5.53. The van der Waals surface area contributed by atoms with Crippen LogP contribution in [0.2, 0.25) is 0 Å². The topological polar surface area (TPSA) is 69.6 Å². The van der Waals surface area contributed by atoms with Crippen molar-refractivity contribution in [3.05, 3.63) is 0 Å². The van der Waals surface area contributed by atoms with Crippen LogP contribution in [0, 0.1) is 0 Å². The highest BCUT2D eigenvalue weighted by atomic mass is 32.2. The monoisotopic (exact) mass is 262 g/mol. The zero-order valence-corrected chi connectivity index (χ0v) is 11.2. The molecule has 1 saturated carbocycles. The molecule has 0 bridgehead atoms. The van der Waals surface area contributed by atoms with Crippen molar-refractivity contribution in [3.8, 4) is 0 Å². The summed E-state index contributed by atoms with van der Waals surface area (Å²) in [7, 11) is -3.44. The summed E-state index contributed by atoms with van der Waals surface area (Å²) in [5.41, 5.74) is -0.268. The molecular formula is C11H22N2O3S. The second-order valence-corrected chi connectivity index (χ2v) is 7.09. The molecule has 17 heavy (non-hydrogen) atoms. The molecular weight excluding hydrogens is 240 g/mol. The van der Waals surface area contributed by atoms with Crippen molar-refractivity contribution >= 4 is 10.2 Å². The van der Waals surface area contributed by atoms with Gasteiger partial charge in [-0.2, -0.15) is 17.4 Å². The van der Waals surface area contributed by atoms with Gasteiger partial charge in [-0.25, -0.2) is 0 Å². The van der Waals surface area contributed by atoms with E-state index >= 15 is 0 Å². The predicted molar refractivity (Wildman–Crippen MR) is 65.7 cm³/mol. The van der Waals surface area contributed by atoms with Gasteiger partial charge < -0.3 is 5.11 Å². The lowest BCUT2D eigenvalue weighted by Crippen LogP contribution is -2.58. The average Bonchev–Trinajstić information content (AvgIpc) is 2.26. The lowest BCUT2D eigenvalue weighted by Gasteiger charge is -2.42. The summed E-state index contributed by atoms with van der Waals surface area (Å²) in [5.74, 6) is 0. The number of piperidine rings is 1. The Morgan fingerprint density at radius 1 is 1.35 bits per heavy atom. The lowest BCUT2D eigenvalue weighted by molar-refractivity contribution is 0.149. The SMILES string of the molecule is CC1(NS(=O)(=O)N2CCCCC2CO)CCC1. The van der Waals surface area contributed by atoms with Gasteiger partial charge in [0.05, 0.1) is 6.61 Å². The van der Waals surface area contributed by atoms with Crippen molar-refractivity contribution in [2.75, 3.05) is 13.2 Å². The van der Waals surface area contributed by atoms with E-state index in [-0.39, 0.29) is 18.2 Å². The molecule has 1 heterocycles. The summed E-state index contributed by atoms with van der Waals surface area (Å²) in [4.78, 5) is 0. The van der Waals surface area contributed by atoms with Gasteiger partial charge in [0.15, 0.2) is 0 Å². The highest BCUT2D eigenvalue weighted by Crippen LogP contribution is 2.32. The lowest BCUT2D eigenvalue weighted by atomic mass is 9.80. The Kier molecular flexibility index (Phi) is 3.77. The maximum absolute atomic E-state index is 12.3. The molecule has 5 nitrogen and oxygen atoms in total. The number of aliphatic hydroxyl groups excluding tert-OH is 1. The van der Waals surface area contributed by atoms with Gasteiger partial charge in [-0.05, 0) is 39.0 Å². The van der Waals surface area contributed by atoms with E-state index in [0.29, 0.717) is 6.54 Å². The van der Waals surface area contributed by atoms with Gasteiger partial charge in [-0.15, -0.1) is 0 Å². The van der Waals surface area contributed by atoms with Crippen LogP contribution in [-0.4, -0.2) is 42.6 Å². The second kappa shape index (κ2) is 4.84. The molecule has 0 aromatic heterocycles. The summed E-state index contributed by atoms with van der Waals surface area (Å²) >= 11 is 0. The van der Waals surface area contributed by atoms with Crippen molar-refractivity contribution in [3.63, 3.8) is 0 Å². The Labute approximate surface area is 103 Å². The first-order valence-electron chi connectivity index (χ1n) is 6.38. The number of rotatable bonds is 4. The first-order chi connectivity index (χ1) is 7.97. The number of hydrogen-bond donors (Lipinski definition) is 2. The van der Waals surface area contributed by atoms with Crippen LogP contribution in [-0.2, 0) is 10.2 Å². The third-order valence-corrected chi connectivity index (χ3v) is 5.77. The molecule has 2 N–H and O–H groups in total. The third kappa shape index (κ3) is 2.81. The molecule has 0 spiro atoms. The molecule has 0 aromatic carbocycles. The van der Waals surface area contributed by atoms with E-state index in [1.807, 2.05) is 6.92 Å². The molecule has 0 amide bonds. The Bertz CT molecular complexity index is 365. The highest BCUT2D eigenvalue weighted by Gasteiger charge is 2.40. The summed E-state index contributed by atoms with van der Waals surface area (Å²) < 4.78 is 28.8. The average molecular weight is 262 g/mol. The smallest absolute Gasteiger partial charge is 0.280 e. The number of nitrogens with zero attached hydrogens (tertiary/aromatic N) is 1. The Balaban J connectivity index is 2.07. The van der Waals surface area contributed by atoms with Crippen molar-refractivity contribution in [1.82, 2.24) is 9.03 Å². The Morgan fingerprint density at radius 2 is 2.06 bits per heavy atom. The van der Waals surface area contributed by atoms with Gasteiger partial charge in [0, 0.05) is 18.1 Å². The zero-order valence-electron chi connectivity index (χ0n) is 10.4. The van der Waals surface area contributed by atoms with Gasteiger partial charge in [0.25, 0.3) is 10.2 Å². The molecule has 1 unspecified atom stereocenters. The second-order valence-electron chi connectivity index (χ2n) is 5.46. The van der Waals surface area contributed by atoms with E-state index in [1.54, 1.807) is 0 Å². The first kappa shape index (κ1) is 13.3. The highest BCUT2D eigenvalue weighted by molar-refractivity contribution is 7.87. The number of aliphatic hydroxyl groups is 1. The molecule has 1 aliphatic heterocycles. The maximum Gasteiger partial charge on any atom is 0.280 e. The molecule has 2 fully saturated rings. The third-order valence-electron chi connectivity index (χ3n) is 3.93. The molecule has 1 aliphatic carbocycles. The van der Waals surface area contributed by atoms with E-state index in [1.165, 1.54) is 4.31 Å². The van der Waals surface area contributed by atoms with Crippen molar-refractivity contribution < 1.29 is 13.5 Å². The summed E-state index contributed by atoms with van der Waals surface area (Å²) in [5, 5.41) is 9.26. The summed E-state index contributed by atoms with van der Waals surface area (Å²) in [6.45, 7) is 2.39. The van der Waals surface area contributed by atoms with Crippen LogP contribution in [0.5, 0.6) is 0 Å². The molecule has 0 radical (unpaired) electrons. The summed E-state index contributed by atoms with van der Waals surface area (Å²) in [6, 6.07) is -0.245. The first-order valence-corrected chi connectivity index (χ1v) is 7.82. The van der Waals surface area contributed by atoms with Crippen LogP contribution in [0.4, 0.5) is 0 Å². The van der Waals surface area contributed by atoms with E-state index in [4.69, 9.17) is 0 Å². The van der Waals surface area contributed by atoms with Gasteiger partial charge in [-0.1, -0.05) is 6.42 Å². The minimum Gasteiger partial charge on any atom is -0.395 e. The van der Waals surface area contributed by atoms with E-state index in [9.17, 15) is 13.5 Å². The largest absolute Gasteiger partial charge is 0.395 e. The predicted octanol–water partition coefficient (Wildman–Crippen LogP) is 0.610. The van der Waals surface area contributed by atoms with Gasteiger partial charge >= 0.3 is 0 Å². The van der Waals surface area contributed by atoms with Crippen molar-refractivity contribution in [2.24, 2.45) is 0 Å². The fourth-order valence-corrected chi connectivity index (χ4v) is 4.53. The normalized spacial score (nSPS) is 29.9. The fraction of sp³-hybridized carbons (Fsp3) is 1.00. The Morgan fingerprint density at radius 3 is 2.59 bits per heavy atom. The van der Waals surface area contributed by atoms with E-state index < -0.39 is 10.2 Å². The van der Waals surface area contributed by atoms with Crippen LogP contribution in [0.25, 0.3) is 0 Å². The number of hydrogen-bond acceptors (Lipinski definition) is 3. The number of nitrogens with one attached hydrogen (secondary N) is 1. The Hall–Kier alpha value is -0.170. The van der Waals surface area contributed by atoms with E-state index in [0.717, 1.165) is 38.5 Å². The standard InChI is InChI=1S/C11H22N2O3S/c1-11(6-4-7-11)12-17(15,16)13-8-3-2-5-10(13)9-14/h10,12,14H,2-9H2,1H3. The minimum absolute atomic E-state index is 0.0857. The molecule has 1 saturated heterocycles. The molecule has 2 aliphatic rings. The van der Waals surface area contributed by atoms with Gasteiger partial charge in [-0.3, -0.25) is 0 Å². The molecule has 6 heteroatoms. The zero-order chi connectivity index (χ0) is 12.5.